The topological polar surface area (TPSA) is 74.8 Å². The van der Waals surface area contributed by atoms with Gasteiger partial charge in [0, 0.05) is 49.7 Å². The third-order valence-electron chi connectivity index (χ3n) is 6.87. The maximum Gasteiger partial charge on any atom is 0.410 e. The van der Waals surface area contributed by atoms with Crippen molar-refractivity contribution in [2.45, 2.75) is 31.9 Å². The number of nitrogens with zero attached hydrogens (tertiary/aromatic N) is 3. The standard InChI is InChI=1S/C28H30N4O3/c1-21-7-8-24(17-25(21)30-18-23-9-13-29-14-10-23)26(33)31-16-12-28(19-31)20-32(27(34)35-28)15-11-22-5-3-2-4-6-22/h2-10,13-14,17,30H,11-12,15-16,18-20H2,1H3/t28-/m1/s1. The van der Waals surface area contributed by atoms with Crippen molar-refractivity contribution in [2.24, 2.45) is 0 Å². The summed E-state index contributed by atoms with van der Waals surface area (Å²) in [5.74, 6) is -0.0346. The molecule has 0 radical (unpaired) electrons. The van der Waals surface area contributed by atoms with Crippen molar-refractivity contribution in [1.82, 2.24) is 14.8 Å². The number of likely N-dealkylation sites (tertiary alicyclic amines) is 1. The van der Waals surface area contributed by atoms with E-state index in [2.05, 4.69) is 22.4 Å². The highest BCUT2D eigenvalue weighted by Crippen LogP contribution is 2.33. The Kier molecular flexibility index (Phi) is 6.40. The lowest BCUT2D eigenvalue weighted by atomic mass is 10.0. The van der Waals surface area contributed by atoms with Crippen LogP contribution in [0.25, 0.3) is 0 Å². The Morgan fingerprint density at radius 2 is 1.86 bits per heavy atom. The first-order valence-electron chi connectivity index (χ1n) is 12.1. The van der Waals surface area contributed by atoms with Gasteiger partial charge in [-0.2, -0.15) is 0 Å². The van der Waals surface area contributed by atoms with Crippen LogP contribution in [0, 0.1) is 6.92 Å². The number of carbonyl (C=O) groups is 2. The Morgan fingerprint density at radius 1 is 1.06 bits per heavy atom. The zero-order chi connectivity index (χ0) is 24.3. The molecule has 0 unspecified atom stereocenters. The summed E-state index contributed by atoms with van der Waals surface area (Å²) in [6, 6.07) is 19.8. The number of amides is 2. The number of pyridine rings is 1. The second-order valence-corrected chi connectivity index (χ2v) is 9.42. The van der Waals surface area contributed by atoms with Crippen LogP contribution < -0.4 is 5.32 Å². The summed E-state index contributed by atoms with van der Waals surface area (Å²) < 4.78 is 5.83. The van der Waals surface area contributed by atoms with Crippen molar-refractivity contribution in [3.05, 3.63) is 95.3 Å². The van der Waals surface area contributed by atoms with Gasteiger partial charge >= 0.3 is 6.09 Å². The van der Waals surface area contributed by atoms with E-state index >= 15 is 0 Å². The van der Waals surface area contributed by atoms with Crippen molar-refractivity contribution >= 4 is 17.7 Å². The fourth-order valence-corrected chi connectivity index (χ4v) is 4.83. The minimum atomic E-state index is -0.615. The largest absolute Gasteiger partial charge is 0.439 e. The molecule has 0 aliphatic carbocycles. The van der Waals surface area contributed by atoms with Gasteiger partial charge in [0.25, 0.3) is 5.91 Å². The molecule has 7 nitrogen and oxygen atoms in total. The summed E-state index contributed by atoms with van der Waals surface area (Å²) in [5, 5.41) is 3.43. The fraction of sp³-hybridized carbons (Fsp3) is 0.321. The molecular formula is C28H30N4O3. The van der Waals surface area contributed by atoms with Crippen LogP contribution in [-0.2, 0) is 17.7 Å². The van der Waals surface area contributed by atoms with Crippen molar-refractivity contribution in [3.63, 3.8) is 0 Å². The number of ether oxygens (including phenoxy) is 1. The molecule has 2 aromatic carbocycles. The lowest BCUT2D eigenvalue weighted by molar-refractivity contribution is 0.0553. The summed E-state index contributed by atoms with van der Waals surface area (Å²) in [5.41, 5.74) is 4.34. The maximum absolute atomic E-state index is 13.3. The number of carbonyl (C=O) groups excluding carboxylic acids is 2. The molecule has 0 bridgehead atoms. The van der Waals surface area contributed by atoms with E-state index in [-0.39, 0.29) is 12.0 Å². The fourth-order valence-electron chi connectivity index (χ4n) is 4.83. The number of hydrogen-bond acceptors (Lipinski definition) is 5. The van der Waals surface area contributed by atoms with Gasteiger partial charge in [-0.05, 0) is 54.3 Å². The lowest BCUT2D eigenvalue weighted by Crippen LogP contribution is -2.39. The van der Waals surface area contributed by atoms with E-state index < -0.39 is 5.60 Å². The van der Waals surface area contributed by atoms with Crippen LogP contribution in [0.5, 0.6) is 0 Å². The molecule has 3 heterocycles. The minimum absolute atomic E-state index is 0.0346. The first-order valence-corrected chi connectivity index (χ1v) is 12.1. The molecule has 2 aliphatic rings. The van der Waals surface area contributed by atoms with Gasteiger partial charge in [-0.15, -0.1) is 0 Å². The molecule has 2 saturated heterocycles. The van der Waals surface area contributed by atoms with Crippen LogP contribution in [0.2, 0.25) is 0 Å². The zero-order valence-corrected chi connectivity index (χ0v) is 19.9. The molecule has 180 valence electrons. The lowest BCUT2D eigenvalue weighted by Gasteiger charge is -2.22. The van der Waals surface area contributed by atoms with Crippen molar-refractivity contribution in [1.29, 1.82) is 0 Å². The first-order chi connectivity index (χ1) is 17.0. The van der Waals surface area contributed by atoms with Crippen LogP contribution in [0.4, 0.5) is 10.5 Å². The maximum atomic E-state index is 13.3. The van der Waals surface area contributed by atoms with Gasteiger partial charge in [-0.25, -0.2) is 4.79 Å². The Morgan fingerprint density at radius 3 is 2.66 bits per heavy atom. The highest BCUT2D eigenvalue weighted by atomic mass is 16.6. The van der Waals surface area contributed by atoms with E-state index in [1.165, 1.54) is 5.56 Å². The molecular weight excluding hydrogens is 440 g/mol. The second kappa shape index (κ2) is 9.78. The van der Waals surface area contributed by atoms with Crippen molar-refractivity contribution < 1.29 is 14.3 Å². The third-order valence-corrected chi connectivity index (χ3v) is 6.87. The van der Waals surface area contributed by atoms with E-state index in [0.717, 1.165) is 23.2 Å². The van der Waals surface area contributed by atoms with Crippen molar-refractivity contribution in [2.75, 3.05) is 31.5 Å². The first kappa shape index (κ1) is 22.9. The van der Waals surface area contributed by atoms with E-state index in [1.807, 2.05) is 60.4 Å². The molecule has 1 aromatic heterocycles. The quantitative estimate of drug-likeness (QED) is 0.558. The Hall–Kier alpha value is -3.87. The summed E-state index contributed by atoms with van der Waals surface area (Å²) >= 11 is 0. The molecule has 1 N–H and O–H groups in total. The average molecular weight is 471 g/mol. The van der Waals surface area contributed by atoms with E-state index in [1.54, 1.807) is 17.3 Å². The predicted octanol–water partition coefficient (Wildman–Crippen LogP) is 4.28. The van der Waals surface area contributed by atoms with Gasteiger partial charge in [-0.3, -0.25) is 9.78 Å². The van der Waals surface area contributed by atoms with Gasteiger partial charge < -0.3 is 19.9 Å². The number of benzene rings is 2. The Labute approximate surface area is 205 Å². The number of hydrogen-bond donors (Lipinski definition) is 1. The van der Waals surface area contributed by atoms with Gasteiger partial charge in [-0.1, -0.05) is 36.4 Å². The molecule has 5 rings (SSSR count). The molecule has 35 heavy (non-hydrogen) atoms. The van der Waals surface area contributed by atoms with Crippen molar-refractivity contribution in [3.8, 4) is 0 Å². The summed E-state index contributed by atoms with van der Waals surface area (Å²) in [4.78, 5) is 33.5. The summed E-state index contributed by atoms with van der Waals surface area (Å²) in [6.45, 7) is 4.82. The highest BCUT2D eigenvalue weighted by molar-refractivity contribution is 5.95. The smallest absolute Gasteiger partial charge is 0.410 e. The van der Waals surface area contributed by atoms with Crippen LogP contribution in [-0.4, -0.2) is 58.6 Å². The Balaban J connectivity index is 1.21. The van der Waals surface area contributed by atoms with Gasteiger partial charge in [0.05, 0.1) is 13.1 Å². The summed E-state index contributed by atoms with van der Waals surface area (Å²) in [7, 11) is 0. The molecule has 2 amide bonds. The van der Waals surface area contributed by atoms with Gasteiger partial charge in [0.2, 0.25) is 0 Å². The number of anilines is 1. The SMILES string of the molecule is Cc1ccc(C(=O)N2CC[C@]3(CN(CCc4ccccc4)C(=O)O3)C2)cc1NCc1ccncc1. The average Bonchev–Trinajstić information content (AvgIpc) is 3.44. The van der Waals surface area contributed by atoms with Gasteiger partial charge in [0.1, 0.15) is 0 Å². The molecule has 1 atom stereocenters. The van der Waals surface area contributed by atoms with E-state index in [0.29, 0.717) is 44.7 Å². The highest BCUT2D eigenvalue weighted by Gasteiger charge is 2.50. The monoisotopic (exact) mass is 470 g/mol. The van der Waals surface area contributed by atoms with Crippen LogP contribution in [0.3, 0.4) is 0 Å². The molecule has 2 aliphatic heterocycles. The number of nitrogens with one attached hydrogen (secondary N) is 1. The molecule has 3 aromatic rings. The number of rotatable bonds is 7. The minimum Gasteiger partial charge on any atom is -0.439 e. The number of aryl methyl sites for hydroxylation is 1. The second-order valence-electron chi connectivity index (χ2n) is 9.42. The van der Waals surface area contributed by atoms with E-state index in [9.17, 15) is 9.59 Å². The molecule has 2 fully saturated rings. The van der Waals surface area contributed by atoms with Crippen LogP contribution >= 0.6 is 0 Å². The zero-order valence-electron chi connectivity index (χ0n) is 19.9. The summed E-state index contributed by atoms with van der Waals surface area (Å²) in [6.07, 6.45) is 4.70. The molecule has 7 heteroatoms. The Bertz CT molecular complexity index is 1200. The van der Waals surface area contributed by atoms with Gasteiger partial charge in [0.15, 0.2) is 5.60 Å². The normalized spacial score (nSPS) is 19.3. The molecule has 0 saturated carbocycles. The van der Waals surface area contributed by atoms with Crippen LogP contribution in [0.1, 0.15) is 33.5 Å². The third kappa shape index (κ3) is 5.14. The molecule has 1 spiro atoms. The van der Waals surface area contributed by atoms with Crippen LogP contribution in [0.15, 0.2) is 73.1 Å². The number of aromatic nitrogens is 1. The van der Waals surface area contributed by atoms with E-state index in [4.69, 9.17) is 4.74 Å². The predicted molar refractivity (Wildman–Crippen MR) is 134 cm³/mol.